The van der Waals surface area contributed by atoms with Crippen molar-refractivity contribution in [1.82, 2.24) is 4.31 Å². The highest BCUT2D eigenvalue weighted by atomic mass is 32.2. The highest BCUT2D eigenvalue weighted by molar-refractivity contribution is 7.93. The fraction of sp³-hybridized carbons (Fsp3) is 0.889. The van der Waals surface area contributed by atoms with Crippen molar-refractivity contribution in [3.63, 3.8) is 0 Å². The van der Waals surface area contributed by atoms with E-state index in [4.69, 9.17) is 0 Å². The van der Waals surface area contributed by atoms with Gasteiger partial charge in [0.05, 0.1) is 17.5 Å². The zero-order valence-electron chi connectivity index (χ0n) is 9.70. The Balaban J connectivity index is 2.77. The zero-order chi connectivity index (χ0) is 13.1. The van der Waals surface area contributed by atoms with E-state index >= 15 is 0 Å². The first-order chi connectivity index (χ1) is 7.76. The molecule has 0 bridgehead atoms. The lowest BCUT2D eigenvalue weighted by Gasteiger charge is -2.31. The maximum absolute atomic E-state index is 11.9. The van der Waals surface area contributed by atoms with Gasteiger partial charge in [-0.05, 0) is 12.8 Å². The highest BCUT2D eigenvalue weighted by Gasteiger charge is 2.32. The van der Waals surface area contributed by atoms with Gasteiger partial charge in [-0.1, -0.05) is 6.42 Å². The van der Waals surface area contributed by atoms with E-state index in [1.807, 2.05) is 0 Å². The molecular formula is C9H17NO5S2. The molecule has 0 amide bonds. The van der Waals surface area contributed by atoms with Crippen molar-refractivity contribution < 1.29 is 21.6 Å². The maximum atomic E-state index is 11.9. The van der Waals surface area contributed by atoms with Crippen molar-refractivity contribution in [1.29, 1.82) is 0 Å². The summed E-state index contributed by atoms with van der Waals surface area (Å²) in [6.45, 7) is 0.301. The Kier molecular flexibility index (Phi) is 4.68. The van der Waals surface area contributed by atoms with Crippen LogP contribution < -0.4 is 0 Å². The first kappa shape index (κ1) is 14.6. The molecule has 100 valence electrons. The van der Waals surface area contributed by atoms with Crippen molar-refractivity contribution in [3.05, 3.63) is 0 Å². The average molecular weight is 283 g/mol. The van der Waals surface area contributed by atoms with Gasteiger partial charge in [-0.2, -0.15) is 4.31 Å². The van der Waals surface area contributed by atoms with Gasteiger partial charge in [-0.3, -0.25) is 0 Å². The smallest absolute Gasteiger partial charge is 0.215 e. The third-order valence-electron chi connectivity index (χ3n) is 2.72. The number of hydrogen-bond donors (Lipinski definition) is 0. The Morgan fingerprint density at radius 1 is 1.18 bits per heavy atom. The van der Waals surface area contributed by atoms with E-state index in [9.17, 15) is 21.6 Å². The molecule has 1 heterocycles. The molecule has 0 spiro atoms. The van der Waals surface area contributed by atoms with Gasteiger partial charge in [0, 0.05) is 12.8 Å². The number of aldehydes is 1. The van der Waals surface area contributed by atoms with E-state index in [0.29, 0.717) is 25.7 Å². The fourth-order valence-electron chi connectivity index (χ4n) is 1.79. The lowest BCUT2D eigenvalue weighted by Crippen LogP contribution is -2.46. The highest BCUT2D eigenvalue weighted by Crippen LogP contribution is 2.19. The predicted octanol–water partition coefficient (Wildman–Crippen LogP) is -0.586. The quantitative estimate of drug-likeness (QED) is 0.629. The molecule has 1 saturated heterocycles. The van der Waals surface area contributed by atoms with Gasteiger partial charge >= 0.3 is 0 Å². The molecule has 1 fully saturated rings. The number of sulfone groups is 1. The Bertz CT molecular complexity index is 468. The van der Waals surface area contributed by atoms with E-state index in [-0.39, 0.29) is 0 Å². The SMILES string of the molecule is CS(=O)(=O)CCS(=O)(=O)N1CCCCC1C=O. The lowest BCUT2D eigenvalue weighted by molar-refractivity contribution is -0.111. The number of carbonyl (C=O) groups is 1. The molecule has 1 aliphatic rings. The van der Waals surface area contributed by atoms with E-state index < -0.39 is 37.4 Å². The Hall–Kier alpha value is -0.470. The van der Waals surface area contributed by atoms with Crippen LogP contribution in [0.15, 0.2) is 0 Å². The molecule has 1 aliphatic heterocycles. The minimum atomic E-state index is -3.65. The Labute approximate surface area is 102 Å². The maximum Gasteiger partial charge on any atom is 0.215 e. The largest absolute Gasteiger partial charge is 0.302 e. The van der Waals surface area contributed by atoms with Crippen LogP contribution in [0.5, 0.6) is 0 Å². The molecule has 0 aromatic carbocycles. The summed E-state index contributed by atoms with van der Waals surface area (Å²) in [7, 11) is -6.97. The average Bonchev–Trinajstić information content (AvgIpc) is 2.26. The van der Waals surface area contributed by atoms with E-state index in [2.05, 4.69) is 0 Å². The molecule has 1 atom stereocenters. The molecule has 0 N–H and O–H groups in total. The summed E-state index contributed by atoms with van der Waals surface area (Å²) in [5, 5.41) is 0. The van der Waals surface area contributed by atoms with Crippen LogP contribution in [0.3, 0.4) is 0 Å². The van der Waals surface area contributed by atoms with Crippen LogP contribution in [0.4, 0.5) is 0 Å². The van der Waals surface area contributed by atoms with Crippen molar-refractivity contribution in [2.24, 2.45) is 0 Å². The van der Waals surface area contributed by atoms with E-state index in [0.717, 1.165) is 17.0 Å². The lowest BCUT2D eigenvalue weighted by atomic mass is 10.1. The van der Waals surface area contributed by atoms with Crippen LogP contribution in [-0.2, 0) is 24.7 Å². The minimum absolute atomic E-state index is 0.301. The topological polar surface area (TPSA) is 88.6 Å². The van der Waals surface area contributed by atoms with Crippen LogP contribution in [0.1, 0.15) is 19.3 Å². The van der Waals surface area contributed by atoms with Gasteiger partial charge in [0.15, 0.2) is 0 Å². The number of sulfonamides is 1. The van der Waals surface area contributed by atoms with Crippen LogP contribution >= 0.6 is 0 Å². The van der Waals surface area contributed by atoms with Crippen LogP contribution in [0, 0.1) is 0 Å². The monoisotopic (exact) mass is 283 g/mol. The van der Waals surface area contributed by atoms with Gasteiger partial charge in [0.2, 0.25) is 10.0 Å². The molecular weight excluding hydrogens is 266 g/mol. The van der Waals surface area contributed by atoms with Crippen molar-refractivity contribution in [2.45, 2.75) is 25.3 Å². The van der Waals surface area contributed by atoms with Crippen molar-refractivity contribution >= 4 is 26.1 Å². The summed E-state index contributed by atoms with van der Waals surface area (Å²) in [6, 6.07) is -0.631. The molecule has 6 nitrogen and oxygen atoms in total. The molecule has 0 aliphatic carbocycles. The van der Waals surface area contributed by atoms with E-state index in [1.165, 1.54) is 0 Å². The van der Waals surface area contributed by atoms with Gasteiger partial charge in [-0.25, -0.2) is 16.8 Å². The molecule has 1 rings (SSSR count). The fourth-order valence-corrected chi connectivity index (χ4v) is 5.05. The number of hydrogen-bond acceptors (Lipinski definition) is 5. The molecule has 0 saturated carbocycles. The molecule has 0 aromatic rings. The molecule has 0 aromatic heterocycles. The van der Waals surface area contributed by atoms with Crippen LogP contribution in [-0.4, -0.2) is 57.8 Å². The standard InChI is InChI=1S/C9H17NO5S2/c1-16(12,13)6-7-17(14,15)10-5-3-2-4-9(10)8-11/h8-9H,2-7H2,1H3. The number of carbonyl (C=O) groups excluding carboxylic acids is 1. The van der Waals surface area contributed by atoms with Gasteiger partial charge in [-0.15, -0.1) is 0 Å². The van der Waals surface area contributed by atoms with E-state index in [1.54, 1.807) is 0 Å². The summed E-state index contributed by atoms with van der Waals surface area (Å²) >= 11 is 0. The zero-order valence-corrected chi connectivity index (χ0v) is 11.3. The van der Waals surface area contributed by atoms with Gasteiger partial charge in [0.25, 0.3) is 0 Å². The Morgan fingerprint density at radius 3 is 2.35 bits per heavy atom. The third-order valence-corrected chi connectivity index (χ3v) is 5.82. The summed E-state index contributed by atoms with van der Waals surface area (Å²) < 4.78 is 46.9. The van der Waals surface area contributed by atoms with Gasteiger partial charge < -0.3 is 4.79 Å². The van der Waals surface area contributed by atoms with Gasteiger partial charge in [0.1, 0.15) is 16.1 Å². The Morgan fingerprint density at radius 2 is 1.82 bits per heavy atom. The second kappa shape index (κ2) is 5.45. The summed E-state index contributed by atoms with van der Waals surface area (Å²) in [5.74, 6) is -0.854. The second-order valence-electron chi connectivity index (χ2n) is 4.26. The summed E-state index contributed by atoms with van der Waals surface area (Å²) in [6.07, 6.45) is 3.67. The minimum Gasteiger partial charge on any atom is -0.302 e. The number of nitrogens with zero attached hydrogens (tertiary/aromatic N) is 1. The molecule has 1 unspecified atom stereocenters. The normalized spacial score (nSPS) is 23.5. The molecule has 0 radical (unpaired) electrons. The second-order valence-corrected chi connectivity index (χ2v) is 8.56. The summed E-state index contributed by atoms with van der Waals surface area (Å²) in [5.41, 5.74) is 0. The van der Waals surface area contributed by atoms with Crippen LogP contribution in [0.25, 0.3) is 0 Å². The third kappa shape index (κ3) is 4.36. The van der Waals surface area contributed by atoms with Crippen molar-refractivity contribution in [3.8, 4) is 0 Å². The number of piperidine rings is 1. The molecule has 8 heteroatoms. The van der Waals surface area contributed by atoms with Crippen molar-refractivity contribution in [2.75, 3.05) is 24.3 Å². The van der Waals surface area contributed by atoms with Crippen LogP contribution in [0.2, 0.25) is 0 Å². The predicted molar refractivity (Wildman–Crippen MR) is 63.9 cm³/mol. The number of rotatable bonds is 5. The summed E-state index contributed by atoms with van der Waals surface area (Å²) in [4.78, 5) is 10.8. The first-order valence-corrected chi connectivity index (χ1v) is 9.06. The molecule has 17 heavy (non-hydrogen) atoms. The first-order valence-electron chi connectivity index (χ1n) is 5.39.